The first-order valence-electron chi connectivity index (χ1n) is 3.52. The highest BCUT2D eigenvalue weighted by Gasteiger charge is 2.36. The molecule has 13 heavy (non-hydrogen) atoms. The van der Waals surface area contributed by atoms with E-state index < -0.39 is 29.8 Å². The molecule has 6 heteroatoms. The van der Waals surface area contributed by atoms with Gasteiger partial charge in [0.05, 0.1) is 6.42 Å². The van der Waals surface area contributed by atoms with Crippen molar-refractivity contribution in [1.29, 1.82) is 0 Å². The Bertz CT molecular complexity index is 231. The molecule has 0 bridgehead atoms. The normalized spacial score (nSPS) is 14.3. The van der Waals surface area contributed by atoms with Gasteiger partial charge in [-0.3, -0.25) is 9.59 Å². The van der Waals surface area contributed by atoms with E-state index >= 15 is 0 Å². The molecule has 0 saturated carbocycles. The zero-order valence-electron chi connectivity index (χ0n) is 7.33. The molecule has 6 nitrogen and oxygen atoms in total. The fourth-order valence-electron chi connectivity index (χ4n) is 0.864. The molecule has 3 N–H and O–H groups in total. The van der Waals surface area contributed by atoms with E-state index in [0.717, 1.165) is 13.8 Å². The van der Waals surface area contributed by atoms with Crippen molar-refractivity contribution in [3.63, 3.8) is 0 Å². The minimum Gasteiger partial charge on any atom is -0.481 e. The summed E-state index contributed by atoms with van der Waals surface area (Å²) < 4.78 is 0. The average molecular weight is 189 g/mol. The first-order chi connectivity index (χ1) is 5.78. The van der Waals surface area contributed by atoms with Crippen LogP contribution in [-0.2, 0) is 14.4 Å². The second-order valence-corrected chi connectivity index (χ2v) is 2.89. The lowest BCUT2D eigenvalue weighted by Crippen LogP contribution is -2.52. The highest BCUT2D eigenvalue weighted by Crippen LogP contribution is 2.09. The largest absolute Gasteiger partial charge is 0.481 e. The molecule has 0 aliphatic carbocycles. The SMILES string of the molecule is CC(=O)N[C@@](C)(CC(=O)O)C(=O)O. The van der Waals surface area contributed by atoms with Crippen molar-refractivity contribution in [3.05, 3.63) is 0 Å². The van der Waals surface area contributed by atoms with Gasteiger partial charge >= 0.3 is 11.9 Å². The maximum atomic E-state index is 10.6. The molecule has 0 aromatic rings. The lowest BCUT2D eigenvalue weighted by molar-refractivity contribution is -0.152. The third-order valence-electron chi connectivity index (χ3n) is 1.43. The van der Waals surface area contributed by atoms with E-state index in [9.17, 15) is 14.4 Å². The summed E-state index contributed by atoms with van der Waals surface area (Å²) in [4.78, 5) is 31.5. The van der Waals surface area contributed by atoms with Gasteiger partial charge in [-0.05, 0) is 6.92 Å². The van der Waals surface area contributed by atoms with Crippen LogP contribution < -0.4 is 5.32 Å². The van der Waals surface area contributed by atoms with Crippen LogP contribution in [0.4, 0.5) is 0 Å². The number of carboxylic acid groups (broad SMARTS) is 2. The summed E-state index contributed by atoms with van der Waals surface area (Å²) >= 11 is 0. The number of carbonyl (C=O) groups is 3. The molecule has 0 fully saturated rings. The zero-order valence-corrected chi connectivity index (χ0v) is 7.33. The fourth-order valence-corrected chi connectivity index (χ4v) is 0.864. The Balaban J connectivity index is 4.62. The lowest BCUT2D eigenvalue weighted by Gasteiger charge is -2.23. The van der Waals surface area contributed by atoms with Crippen LogP contribution in [0.15, 0.2) is 0 Å². The van der Waals surface area contributed by atoms with Crippen molar-refractivity contribution in [2.75, 3.05) is 0 Å². The second kappa shape index (κ2) is 3.88. The Kier molecular flexibility index (Phi) is 3.41. The van der Waals surface area contributed by atoms with Crippen LogP contribution in [0.25, 0.3) is 0 Å². The van der Waals surface area contributed by atoms with E-state index in [-0.39, 0.29) is 0 Å². The van der Waals surface area contributed by atoms with Crippen LogP contribution in [0.2, 0.25) is 0 Å². The molecular formula is C7H11NO5. The summed E-state index contributed by atoms with van der Waals surface area (Å²) in [5.74, 6) is -3.23. The lowest BCUT2D eigenvalue weighted by atomic mass is 9.98. The van der Waals surface area contributed by atoms with Gasteiger partial charge in [0, 0.05) is 6.92 Å². The van der Waals surface area contributed by atoms with Gasteiger partial charge < -0.3 is 15.5 Å². The summed E-state index contributed by atoms with van der Waals surface area (Å²) in [5.41, 5.74) is -1.74. The number of carboxylic acids is 2. The highest BCUT2D eigenvalue weighted by atomic mass is 16.4. The molecule has 0 aromatic heterocycles. The van der Waals surface area contributed by atoms with Gasteiger partial charge in [0.1, 0.15) is 5.54 Å². The fraction of sp³-hybridized carbons (Fsp3) is 0.571. The van der Waals surface area contributed by atoms with Crippen molar-refractivity contribution in [2.24, 2.45) is 0 Å². The van der Waals surface area contributed by atoms with E-state index in [2.05, 4.69) is 5.32 Å². The van der Waals surface area contributed by atoms with Crippen LogP contribution in [-0.4, -0.2) is 33.6 Å². The van der Waals surface area contributed by atoms with Crippen molar-refractivity contribution < 1.29 is 24.6 Å². The predicted molar refractivity (Wildman–Crippen MR) is 42.1 cm³/mol. The number of aliphatic carboxylic acids is 2. The third kappa shape index (κ3) is 3.55. The van der Waals surface area contributed by atoms with E-state index in [0.29, 0.717) is 0 Å². The van der Waals surface area contributed by atoms with Gasteiger partial charge in [-0.2, -0.15) is 0 Å². The second-order valence-electron chi connectivity index (χ2n) is 2.89. The molecule has 0 unspecified atom stereocenters. The quantitative estimate of drug-likeness (QED) is 0.550. The van der Waals surface area contributed by atoms with E-state index in [1.54, 1.807) is 0 Å². The van der Waals surface area contributed by atoms with Crippen molar-refractivity contribution in [3.8, 4) is 0 Å². The topological polar surface area (TPSA) is 104 Å². The molecule has 0 aromatic carbocycles. The first kappa shape index (κ1) is 11.4. The van der Waals surface area contributed by atoms with Crippen molar-refractivity contribution in [1.82, 2.24) is 5.32 Å². The molecule has 0 saturated heterocycles. The Hall–Kier alpha value is -1.59. The number of carbonyl (C=O) groups excluding carboxylic acids is 1. The molecule has 0 aliphatic rings. The maximum Gasteiger partial charge on any atom is 0.329 e. The molecule has 1 amide bonds. The van der Waals surface area contributed by atoms with Crippen molar-refractivity contribution in [2.45, 2.75) is 25.8 Å². The van der Waals surface area contributed by atoms with Crippen LogP contribution in [0, 0.1) is 0 Å². The molecule has 0 aliphatic heterocycles. The summed E-state index contributed by atoms with van der Waals surface area (Å²) in [6, 6.07) is 0. The zero-order chi connectivity index (χ0) is 10.6. The Morgan fingerprint density at radius 1 is 1.31 bits per heavy atom. The number of amides is 1. The Labute approximate surface area is 74.6 Å². The number of rotatable bonds is 4. The van der Waals surface area contributed by atoms with E-state index in [1.165, 1.54) is 0 Å². The van der Waals surface area contributed by atoms with Crippen LogP contribution in [0.3, 0.4) is 0 Å². The van der Waals surface area contributed by atoms with Gasteiger partial charge in [-0.25, -0.2) is 4.79 Å². The third-order valence-corrected chi connectivity index (χ3v) is 1.43. The van der Waals surface area contributed by atoms with Gasteiger partial charge in [0.25, 0.3) is 0 Å². The number of hydrogen-bond donors (Lipinski definition) is 3. The van der Waals surface area contributed by atoms with E-state index in [4.69, 9.17) is 10.2 Å². The summed E-state index contributed by atoms with van der Waals surface area (Å²) in [6.45, 7) is 2.27. The van der Waals surface area contributed by atoms with Crippen molar-refractivity contribution >= 4 is 17.8 Å². The van der Waals surface area contributed by atoms with E-state index in [1.807, 2.05) is 0 Å². The van der Waals surface area contributed by atoms with Gasteiger partial charge in [-0.15, -0.1) is 0 Å². The predicted octanol–water partition coefficient (Wildman–Crippen LogP) is -0.559. The van der Waals surface area contributed by atoms with Crippen LogP contribution in [0.1, 0.15) is 20.3 Å². The van der Waals surface area contributed by atoms with Crippen LogP contribution >= 0.6 is 0 Å². The minimum atomic E-state index is -1.74. The monoisotopic (exact) mass is 189 g/mol. The van der Waals surface area contributed by atoms with Gasteiger partial charge in [0.2, 0.25) is 5.91 Å². The minimum absolute atomic E-state index is 0.578. The molecule has 74 valence electrons. The van der Waals surface area contributed by atoms with Gasteiger partial charge in [0.15, 0.2) is 0 Å². The first-order valence-corrected chi connectivity index (χ1v) is 3.52. The summed E-state index contributed by atoms with van der Waals surface area (Å²) in [5, 5.41) is 19.1. The standard InChI is InChI=1S/C7H11NO5/c1-4(9)8-7(2,6(12)13)3-5(10)11/h3H2,1-2H3,(H,8,9)(H,10,11)(H,12,13)/t7-/m0/s1. The van der Waals surface area contributed by atoms with Gasteiger partial charge in [-0.1, -0.05) is 0 Å². The Morgan fingerprint density at radius 2 is 1.77 bits per heavy atom. The summed E-state index contributed by atoms with van der Waals surface area (Å²) in [6.07, 6.45) is -0.651. The molecule has 0 spiro atoms. The molecule has 0 radical (unpaired) electrons. The highest BCUT2D eigenvalue weighted by molar-refractivity contribution is 5.89. The maximum absolute atomic E-state index is 10.6. The number of nitrogens with one attached hydrogen (secondary N) is 1. The van der Waals surface area contributed by atoms with Crippen LogP contribution in [0.5, 0.6) is 0 Å². The molecule has 1 atom stereocenters. The molecule has 0 rings (SSSR count). The smallest absolute Gasteiger partial charge is 0.329 e. The molecular weight excluding hydrogens is 178 g/mol. The number of hydrogen-bond acceptors (Lipinski definition) is 3. The average Bonchev–Trinajstić information content (AvgIpc) is 1.82. The molecule has 0 heterocycles. The summed E-state index contributed by atoms with van der Waals surface area (Å²) in [7, 11) is 0. The Morgan fingerprint density at radius 3 is 2.00 bits per heavy atom.